The maximum Gasteiger partial charge on any atom is 0.121 e. The van der Waals surface area contributed by atoms with Crippen molar-refractivity contribution in [2.24, 2.45) is 0 Å². The number of imidazole rings is 1. The highest BCUT2D eigenvalue weighted by Gasteiger charge is 2.27. The van der Waals surface area contributed by atoms with E-state index in [-0.39, 0.29) is 17.0 Å². The van der Waals surface area contributed by atoms with E-state index in [9.17, 15) is 0 Å². The average molecular weight is 613 g/mol. The van der Waals surface area contributed by atoms with E-state index in [0.717, 1.165) is 74.7 Å². The second-order valence-electron chi connectivity index (χ2n) is 10.5. The summed E-state index contributed by atoms with van der Waals surface area (Å²) in [5, 5.41) is 7.12. The molecule has 7 nitrogen and oxygen atoms in total. The molecule has 0 radical (unpaired) electrons. The second-order valence-corrected chi connectivity index (χ2v) is 10.5. The van der Waals surface area contributed by atoms with Gasteiger partial charge in [0, 0.05) is 45.1 Å². The zero-order chi connectivity index (χ0) is 27.0. The third-order valence-corrected chi connectivity index (χ3v) is 7.68. The molecule has 0 bridgehead atoms. The van der Waals surface area contributed by atoms with Crippen molar-refractivity contribution in [3.63, 3.8) is 0 Å². The molecule has 1 atom stereocenters. The predicted octanol–water partition coefficient (Wildman–Crippen LogP) is 5.89. The molecule has 6 rings (SSSR count). The van der Waals surface area contributed by atoms with E-state index >= 15 is 0 Å². The first-order chi connectivity index (χ1) is 19.8. The molecule has 0 amide bonds. The number of halogens is 1. The summed E-state index contributed by atoms with van der Waals surface area (Å²) in [6, 6.07) is 27.9. The summed E-state index contributed by atoms with van der Waals surface area (Å²) in [6.45, 7) is 5.04. The fraction of sp³-hybridized carbons (Fsp3) is 0.303. The molecule has 212 valence electrons. The Labute approximate surface area is 252 Å². The quantitative estimate of drug-likeness (QED) is 0.153. The maximum atomic E-state index is 4.85. The summed E-state index contributed by atoms with van der Waals surface area (Å²) >= 11 is 0. The minimum absolute atomic E-state index is 0. The van der Waals surface area contributed by atoms with Gasteiger partial charge in [0.15, 0.2) is 0 Å². The van der Waals surface area contributed by atoms with Crippen LogP contribution in [0.1, 0.15) is 52.8 Å². The topological polar surface area (TPSA) is 81.8 Å². The number of para-hydroxylation sites is 2. The van der Waals surface area contributed by atoms with Crippen LogP contribution >= 0.6 is 17.0 Å². The van der Waals surface area contributed by atoms with Crippen LogP contribution in [0.3, 0.4) is 0 Å². The van der Waals surface area contributed by atoms with Gasteiger partial charge in [0.25, 0.3) is 0 Å². The van der Waals surface area contributed by atoms with Crippen LogP contribution in [0.5, 0.6) is 0 Å². The van der Waals surface area contributed by atoms with Gasteiger partial charge in [-0.25, -0.2) is 4.98 Å². The molecule has 0 saturated carbocycles. The van der Waals surface area contributed by atoms with Crippen molar-refractivity contribution in [2.75, 3.05) is 13.1 Å². The lowest BCUT2D eigenvalue weighted by Crippen LogP contribution is -2.36. The molecule has 3 aromatic heterocycles. The lowest BCUT2D eigenvalue weighted by Gasteiger charge is -2.35. The number of rotatable bonds is 12. The van der Waals surface area contributed by atoms with E-state index in [2.05, 4.69) is 74.0 Å². The van der Waals surface area contributed by atoms with Crippen LogP contribution < -0.4 is 10.6 Å². The van der Waals surface area contributed by atoms with Gasteiger partial charge in [0.2, 0.25) is 0 Å². The smallest absolute Gasteiger partial charge is 0.121 e. The second kappa shape index (κ2) is 14.5. The van der Waals surface area contributed by atoms with E-state index in [1.165, 1.54) is 28.8 Å². The Morgan fingerprint density at radius 2 is 1.63 bits per heavy atom. The van der Waals surface area contributed by atoms with Crippen molar-refractivity contribution in [1.29, 1.82) is 0 Å². The molecule has 41 heavy (non-hydrogen) atoms. The highest BCUT2D eigenvalue weighted by atomic mass is 79.9. The molecule has 1 unspecified atom stereocenters. The van der Waals surface area contributed by atoms with Crippen molar-refractivity contribution in [3.8, 4) is 0 Å². The van der Waals surface area contributed by atoms with Crippen LogP contribution in [0, 0.1) is 0 Å². The number of H-pyrrole nitrogens is 1. The largest absolute Gasteiger partial charge is 0.341 e. The summed E-state index contributed by atoms with van der Waals surface area (Å²) < 4.78 is 0. The average Bonchev–Trinajstić information content (AvgIpc) is 3.43. The molecule has 5 aromatic rings. The van der Waals surface area contributed by atoms with E-state index in [1.807, 2.05) is 42.7 Å². The first-order valence-electron chi connectivity index (χ1n) is 14.3. The monoisotopic (exact) mass is 611 g/mol. The normalized spacial score (nSPS) is 14.6. The molecule has 3 heterocycles. The van der Waals surface area contributed by atoms with Gasteiger partial charge in [-0.3, -0.25) is 14.9 Å². The first kappa shape index (κ1) is 29.1. The van der Waals surface area contributed by atoms with E-state index in [1.54, 1.807) is 0 Å². The van der Waals surface area contributed by atoms with Gasteiger partial charge in [0.05, 0.1) is 35.0 Å². The minimum atomic E-state index is 0. The zero-order valence-electron chi connectivity index (χ0n) is 23.3. The third kappa shape index (κ3) is 7.65. The standard InChI is InChI=1S/C33H37N7.BrH/c1-2-11-30-29(10-1)38-32(39-30)23-34-19-20-40(31-12-5-7-27-8-6-18-37-33(27)31)24-26-15-13-25(14-16-26)21-35-22-28-9-3-4-17-36-28;/h1-4,6,8-11,13-18,31,34-35H,5,7,12,19-24H2,(H,38,39);1H. The third-order valence-electron chi connectivity index (χ3n) is 7.68. The van der Waals surface area contributed by atoms with Gasteiger partial charge in [-0.1, -0.05) is 48.5 Å². The summed E-state index contributed by atoms with van der Waals surface area (Å²) in [4.78, 5) is 20.0. The van der Waals surface area contributed by atoms with Gasteiger partial charge < -0.3 is 15.6 Å². The molecule has 0 spiro atoms. The molecule has 0 saturated heterocycles. The first-order valence-corrected chi connectivity index (χ1v) is 14.3. The van der Waals surface area contributed by atoms with Crippen molar-refractivity contribution in [2.45, 2.75) is 51.5 Å². The van der Waals surface area contributed by atoms with Gasteiger partial charge in [-0.15, -0.1) is 17.0 Å². The Balaban J connectivity index is 0.00000337. The highest BCUT2D eigenvalue weighted by Crippen LogP contribution is 2.33. The van der Waals surface area contributed by atoms with Crippen molar-refractivity contribution < 1.29 is 0 Å². The van der Waals surface area contributed by atoms with Crippen LogP contribution in [-0.4, -0.2) is 37.9 Å². The fourth-order valence-electron chi connectivity index (χ4n) is 5.64. The Kier molecular flexibility index (Phi) is 10.3. The Morgan fingerprint density at radius 1 is 0.805 bits per heavy atom. The van der Waals surface area contributed by atoms with E-state index < -0.39 is 0 Å². The maximum absolute atomic E-state index is 4.85. The highest BCUT2D eigenvalue weighted by molar-refractivity contribution is 8.93. The van der Waals surface area contributed by atoms with Gasteiger partial charge in [-0.05, 0) is 66.3 Å². The lowest BCUT2D eigenvalue weighted by atomic mass is 9.90. The number of nitrogens with one attached hydrogen (secondary N) is 3. The molecule has 2 aromatic carbocycles. The summed E-state index contributed by atoms with van der Waals surface area (Å²) in [6.07, 6.45) is 7.25. The van der Waals surface area contributed by atoms with E-state index in [0.29, 0.717) is 6.04 Å². The van der Waals surface area contributed by atoms with Crippen LogP contribution in [0.25, 0.3) is 11.0 Å². The molecule has 3 N–H and O–H groups in total. The molecular formula is C33H38BrN7. The van der Waals surface area contributed by atoms with Crippen LogP contribution in [0.4, 0.5) is 0 Å². The Morgan fingerprint density at radius 3 is 2.49 bits per heavy atom. The summed E-state index contributed by atoms with van der Waals surface area (Å²) in [5.74, 6) is 0.977. The molecule has 0 fully saturated rings. The molecule has 0 aliphatic heterocycles. The number of aryl methyl sites for hydroxylation is 1. The lowest BCUT2D eigenvalue weighted by molar-refractivity contribution is 0.166. The van der Waals surface area contributed by atoms with Crippen LogP contribution in [0.2, 0.25) is 0 Å². The van der Waals surface area contributed by atoms with Gasteiger partial charge >= 0.3 is 0 Å². The van der Waals surface area contributed by atoms with Gasteiger partial charge in [-0.2, -0.15) is 0 Å². The van der Waals surface area contributed by atoms with Crippen LogP contribution in [-0.2, 0) is 32.6 Å². The number of aromatic amines is 1. The van der Waals surface area contributed by atoms with Gasteiger partial charge in [0.1, 0.15) is 5.82 Å². The van der Waals surface area contributed by atoms with Crippen molar-refractivity contribution in [3.05, 3.63) is 125 Å². The molecule has 1 aliphatic carbocycles. The number of pyridine rings is 2. The summed E-state index contributed by atoms with van der Waals surface area (Å²) in [5.41, 5.74) is 8.42. The number of fused-ring (bicyclic) bond motifs is 2. The molecular weight excluding hydrogens is 574 g/mol. The number of hydrogen-bond acceptors (Lipinski definition) is 6. The fourth-order valence-corrected chi connectivity index (χ4v) is 5.64. The zero-order valence-corrected chi connectivity index (χ0v) is 25.0. The Bertz CT molecular complexity index is 1470. The number of aromatic nitrogens is 4. The predicted molar refractivity (Wildman–Crippen MR) is 170 cm³/mol. The SMILES string of the molecule is Br.c1ccc(CNCc2ccc(CN(CCNCc3nc4ccccc4[nH]3)C3CCCc4cccnc43)cc2)nc1. The number of nitrogens with zero attached hydrogens (tertiary/aromatic N) is 4. The summed E-state index contributed by atoms with van der Waals surface area (Å²) in [7, 11) is 0. The number of hydrogen-bond donors (Lipinski definition) is 3. The van der Waals surface area contributed by atoms with Crippen molar-refractivity contribution in [1.82, 2.24) is 35.5 Å². The molecule has 8 heteroatoms. The number of benzene rings is 2. The Hall–Kier alpha value is -3.43. The van der Waals surface area contributed by atoms with E-state index in [4.69, 9.17) is 9.97 Å². The minimum Gasteiger partial charge on any atom is -0.341 e. The van der Waals surface area contributed by atoms with Crippen LogP contribution in [0.15, 0.2) is 91.3 Å². The molecule has 1 aliphatic rings. The van der Waals surface area contributed by atoms with Crippen molar-refractivity contribution >= 4 is 28.0 Å².